The van der Waals surface area contributed by atoms with Gasteiger partial charge in [-0.3, -0.25) is 5.43 Å². The highest BCUT2D eigenvalue weighted by Crippen LogP contribution is 2.25. The summed E-state index contributed by atoms with van der Waals surface area (Å²) < 4.78 is 0. The molecule has 0 aliphatic carbocycles. The Morgan fingerprint density at radius 1 is 0.955 bits per heavy atom. The maximum absolute atomic E-state index is 9.85. The number of aromatic hydroxyl groups is 2. The molecule has 3 aromatic rings. The van der Waals surface area contributed by atoms with E-state index in [1.54, 1.807) is 6.92 Å². The van der Waals surface area contributed by atoms with Crippen molar-refractivity contribution in [3.05, 3.63) is 66.2 Å². The SMILES string of the molecule is CC(=NNc1cccc2ccccc12)c1cc(O)ccc1O. The van der Waals surface area contributed by atoms with Crippen molar-refractivity contribution in [1.29, 1.82) is 0 Å². The lowest BCUT2D eigenvalue weighted by Gasteiger charge is -2.08. The van der Waals surface area contributed by atoms with Crippen molar-refractivity contribution in [2.24, 2.45) is 5.10 Å². The van der Waals surface area contributed by atoms with Crippen LogP contribution in [0.3, 0.4) is 0 Å². The molecule has 0 aromatic heterocycles. The number of hydrazone groups is 1. The number of benzene rings is 3. The van der Waals surface area contributed by atoms with E-state index in [0.29, 0.717) is 11.3 Å². The van der Waals surface area contributed by atoms with Crippen LogP contribution in [0.4, 0.5) is 5.69 Å². The van der Waals surface area contributed by atoms with Crippen LogP contribution in [0.2, 0.25) is 0 Å². The van der Waals surface area contributed by atoms with Gasteiger partial charge in [-0.05, 0) is 36.6 Å². The molecule has 0 heterocycles. The lowest BCUT2D eigenvalue weighted by Crippen LogP contribution is -2.00. The van der Waals surface area contributed by atoms with Crippen LogP contribution in [0.25, 0.3) is 10.8 Å². The Kier molecular flexibility index (Phi) is 3.66. The van der Waals surface area contributed by atoms with Crippen LogP contribution < -0.4 is 5.43 Å². The minimum Gasteiger partial charge on any atom is -0.508 e. The van der Waals surface area contributed by atoms with E-state index >= 15 is 0 Å². The average Bonchev–Trinajstić information content (AvgIpc) is 2.54. The Hall–Kier alpha value is -3.01. The third kappa shape index (κ3) is 2.72. The zero-order valence-corrected chi connectivity index (χ0v) is 12.1. The van der Waals surface area contributed by atoms with Gasteiger partial charge in [0.1, 0.15) is 11.5 Å². The number of phenolic OH excluding ortho intramolecular Hbond substituents is 2. The molecule has 0 unspecified atom stereocenters. The number of nitrogens with zero attached hydrogens (tertiary/aromatic N) is 1. The summed E-state index contributed by atoms with van der Waals surface area (Å²) in [5.41, 5.74) is 4.99. The van der Waals surface area contributed by atoms with Gasteiger partial charge in [-0.15, -0.1) is 0 Å². The molecule has 0 saturated carbocycles. The fourth-order valence-corrected chi connectivity index (χ4v) is 2.34. The summed E-state index contributed by atoms with van der Waals surface area (Å²) in [5, 5.41) is 25.9. The molecule has 3 N–H and O–H groups in total. The van der Waals surface area contributed by atoms with Gasteiger partial charge in [0.05, 0.1) is 11.4 Å². The standard InChI is InChI=1S/C18H16N2O2/c1-12(16-11-14(21)9-10-18(16)22)19-20-17-8-4-6-13-5-2-3-7-15(13)17/h2-11,20-22H,1H3. The second-order valence-electron chi connectivity index (χ2n) is 5.04. The van der Waals surface area contributed by atoms with Crippen LogP contribution in [0.5, 0.6) is 11.5 Å². The van der Waals surface area contributed by atoms with Gasteiger partial charge < -0.3 is 10.2 Å². The van der Waals surface area contributed by atoms with Crippen molar-refractivity contribution < 1.29 is 10.2 Å². The third-order valence-corrected chi connectivity index (χ3v) is 3.50. The molecule has 0 bridgehead atoms. The number of nitrogens with one attached hydrogen (secondary N) is 1. The Morgan fingerprint density at radius 3 is 2.59 bits per heavy atom. The number of rotatable bonds is 3. The molecule has 0 aliphatic heterocycles. The van der Waals surface area contributed by atoms with Gasteiger partial charge in [0.2, 0.25) is 0 Å². The van der Waals surface area contributed by atoms with Gasteiger partial charge in [-0.2, -0.15) is 5.10 Å². The lowest BCUT2D eigenvalue weighted by atomic mass is 10.1. The van der Waals surface area contributed by atoms with Gasteiger partial charge >= 0.3 is 0 Å². The van der Waals surface area contributed by atoms with Crippen molar-refractivity contribution >= 4 is 22.2 Å². The highest BCUT2D eigenvalue weighted by atomic mass is 16.3. The first kappa shape index (κ1) is 13.9. The highest BCUT2D eigenvalue weighted by molar-refractivity contribution is 6.02. The van der Waals surface area contributed by atoms with Gasteiger partial charge in [0.25, 0.3) is 0 Å². The molecule has 3 rings (SSSR count). The van der Waals surface area contributed by atoms with E-state index in [2.05, 4.69) is 10.5 Å². The summed E-state index contributed by atoms with van der Waals surface area (Å²) in [7, 11) is 0. The van der Waals surface area contributed by atoms with Crippen LogP contribution in [-0.4, -0.2) is 15.9 Å². The maximum atomic E-state index is 9.85. The number of anilines is 1. The Bertz CT molecular complexity index is 851. The van der Waals surface area contributed by atoms with Crippen molar-refractivity contribution in [2.75, 3.05) is 5.43 Å². The summed E-state index contributed by atoms with van der Waals surface area (Å²) in [6.07, 6.45) is 0. The summed E-state index contributed by atoms with van der Waals surface area (Å²) in [4.78, 5) is 0. The topological polar surface area (TPSA) is 64.9 Å². The van der Waals surface area contributed by atoms with Gasteiger partial charge in [-0.1, -0.05) is 36.4 Å². The zero-order valence-electron chi connectivity index (χ0n) is 12.1. The smallest absolute Gasteiger partial charge is 0.124 e. The predicted octanol–water partition coefficient (Wildman–Crippen LogP) is 4.09. The van der Waals surface area contributed by atoms with Gasteiger partial charge in [0, 0.05) is 10.9 Å². The first-order valence-corrected chi connectivity index (χ1v) is 6.95. The molecule has 0 atom stereocenters. The summed E-state index contributed by atoms with van der Waals surface area (Å²) in [6, 6.07) is 18.3. The Labute approximate surface area is 128 Å². The molecule has 0 radical (unpaired) electrons. The van der Waals surface area contributed by atoms with Crippen molar-refractivity contribution in [3.8, 4) is 11.5 Å². The fourth-order valence-electron chi connectivity index (χ4n) is 2.34. The number of phenols is 2. The van der Waals surface area contributed by atoms with E-state index < -0.39 is 0 Å². The molecule has 0 fully saturated rings. The third-order valence-electron chi connectivity index (χ3n) is 3.50. The van der Waals surface area contributed by atoms with Crippen LogP contribution in [0.15, 0.2) is 65.8 Å². The molecular weight excluding hydrogens is 276 g/mol. The average molecular weight is 292 g/mol. The van der Waals surface area contributed by atoms with Gasteiger partial charge in [0.15, 0.2) is 0 Å². The van der Waals surface area contributed by atoms with Crippen LogP contribution in [0.1, 0.15) is 12.5 Å². The summed E-state index contributed by atoms with van der Waals surface area (Å²) in [6.45, 7) is 1.77. The first-order valence-electron chi connectivity index (χ1n) is 6.95. The molecule has 4 nitrogen and oxygen atoms in total. The fraction of sp³-hybridized carbons (Fsp3) is 0.0556. The summed E-state index contributed by atoms with van der Waals surface area (Å²) >= 11 is 0. The van der Waals surface area contributed by atoms with Gasteiger partial charge in [-0.25, -0.2) is 0 Å². The molecule has 0 amide bonds. The van der Waals surface area contributed by atoms with E-state index in [9.17, 15) is 10.2 Å². The minimum absolute atomic E-state index is 0.0822. The Balaban J connectivity index is 1.94. The second kappa shape index (κ2) is 5.77. The van der Waals surface area contributed by atoms with Crippen molar-refractivity contribution in [2.45, 2.75) is 6.92 Å². The van der Waals surface area contributed by atoms with Crippen molar-refractivity contribution in [1.82, 2.24) is 0 Å². The zero-order chi connectivity index (χ0) is 15.5. The summed E-state index contributed by atoms with van der Waals surface area (Å²) in [5.74, 6) is 0.172. The number of fused-ring (bicyclic) bond motifs is 1. The lowest BCUT2D eigenvalue weighted by molar-refractivity contribution is 0.459. The predicted molar refractivity (Wildman–Crippen MR) is 89.6 cm³/mol. The monoisotopic (exact) mass is 292 g/mol. The minimum atomic E-state index is 0.0822. The van der Waals surface area contributed by atoms with Crippen LogP contribution >= 0.6 is 0 Å². The molecule has 0 spiro atoms. The number of hydrogen-bond donors (Lipinski definition) is 3. The van der Waals surface area contributed by atoms with E-state index in [0.717, 1.165) is 16.5 Å². The van der Waals surface area contributed by atoms with Crippen LogP contribution in [-0.2, 0) is 0 Å². The maximum Gasteiger partial charge on any atom is 0.124 e. The first-order chi connectivity index (χ1) is 10.6. The molecule has 0 saturated heterocycles. The van der Waals surface area contributed by atoms with E-state index in [1.165, 1.54) is 18.2 Å². The van der Waals surface area contributed by atoms with E-state index in [4.69, 9.17) is 0 Å². The number of hydrogen-bond acceptors (Lipinski definition) is 4. The largest absolute Gasteiger partial charge is 0.508 e. The molecule has 110 valence electrons. The molecule has 3 aromatic carbocycles. The molecule has 0 aliphatic rings. The van der Waals surface area contributed by atoms with E-state index in [1.807, 2.05) is 42.5 Å². The molecular formula is C18H16N2O2. The van der Waals surface area contributed by atoms with Crippen LogP contribution in [0, 0.1) is 0 Å². The van der Waals surface area contributed by atoms with E-state index in [-0.39, 0.29) is 11.5 Å². The molecule has 22 heavy (non-hydrogen) atoms. The molecule has 4 heteroatoms. The second-order valence-corrected chi connectivity index (χ2v) is 5.04. The normalized spacial score (nSPS) is 11.6. The quantitative estimate of drug-likeness (QED) is 0.387. The highest BCUT2D eigenvalue weighted by Gasteiger charge is 2.06. The Morgan fingerprint density at radius 2 is 1.73 bits per heavy atom. The van der Waals surface area contributed by atoms with Crippen molar-refractivity contribution in [3.63, 3.8) is 0 Å².